The molecule has 1 aromatic heterocycles. The van der Waals surface area contributed by atoms with Crippen LogP contribution < -0.4 is 0 Å². The van der Waals surface area contributed by atoms with Gasteiger partial charge in [-0.15, -0.1) is 11.3 Å². The van der Waals surface area contributed by atoms with Crippen LogP contribution in [0.2, 0.25) is 0 Å². The second kappa shape index (κ2) is 3.79. The second-order valence-electron chi connectivity index (χ2n) is 2.84. The number of thiophene rings is 1. The summed E-state index contributed by atoms with van der Waals surface area (Å²) >= 11 is 4.89. The van der Waals surface area contributed by atoms with Crippen LogP contribution in [0.3, 0.4) is 0 Å². The van der Waals surface area contributed by atoms with E-state index in [9.17, 15) is 9.18 Å². The van der Waals surface area contributed by atoms with Crippen LogP contribution in [0, 0.1) is 5.82 Å². The molecule has 2 aromatic rings. The van der Waals surface area contributed by atoms with Gasteiger partial charge in [-0.25, -0.2) is 4.39 Å². The third-order valence-electron chi connectivity index (χ3n) is 1.99. The molecule has 0 saturated heterocycles. The molecule has 4 heteroatoms. The largest absolute Gasteiger partial charge is 0.298 e. The van der Waals surface area contributed by atoms with Crippen molar-refractivity contribution in [1.82, 2.24) is 0 Å². The van der Waals surface area contributed by atoms with Crippen molar-refractivity contribution >= 4 is 43.6 Å². The fraction of sp³-hybridized carbons (Fsp3) is 0.100. The highest BCUT2D eigenvalue weighted by Gasteiger charge is 2.09. The molecule has 72 valence electrons. The Morgan fingerprint density at radius 2 is 2.29 bits per heavy atom. The second-order valence-corrected chi connectivity index (χ2v) is 4.57. The molecule has 2 rings (SSSR count). The first-order chi connectivity index (χ1) is 6.76. The quantitative estimate of drug-likeness (QED) is 0.601. The van der Waals surface area contributed by atoms with Gasteiger partial charge < -0.3 is 0 Å². The van der Waals surface area contributed by atoms with Crippen LogP contribution in [0.1, 0.15) is 15.2 Å². The van der Waals surface area contributed by atoms with Crippen LogP contribution in [0.5, 0.6) is 0 Å². The molecule has 0 N–H and O–H groups in total. The standard InChI is InChI=1S/C10H6BrFOS/c11-4-6-3-7-8(5-13)9(12)1-2-10(7)14-6/h1-3,5H,4H2. The number of carbonyl (C=O) groups excluding carboxylic acids is 1. The first kappa shape index (κ1) is 9.80. The molecule has 0 aliphatic carbocycles. The van der Waals surface area contributed by atoms with Gasteiger partial charge in [0.05, 0.1) is 5.56 Å². The summed E-state index contributed by atoms with van der Waals surface area (Å²) < 4.78 is 14.1. The summed E-state index contributed by atoms with van der Waals surface area (Å²) in [5, 5.41) is 1.44. The van der Waals surface area contributed by atoms with Crippen molar-refractivity contribution in [2.75, 3.05) is 0 Å². The van der Waals surface area contributed by atoms with E-state index in [1.54, 1.807) is 17.4 Å². The van der Waals surface area contributed by atoms with Crippen LogP contribution in [0.4, 0.5) is 4.39 Å². The van der Waals surface area contributed by atoms with Crippen molar-refractivity contribution < 1.29 is 9.18 Å². The maximum atomic E-state index is 13.2. The Bertz CT molecular complexity index is 492. The van der Waals surface area contributed by atoms with Crippen LogP contribution in [-0.4, -0.2) is 6.29 Å². The van der Waals surface area contributed by atoms with Gasteiger partial charge in [-0.05, 0) is 18.2 Å². The fourth-order valence-corrected chi connectivity index (χ4v) is 2.78. The molecule has 0 bridgehead atoms. The van der Waals surface area contributed by atoms with Gasteiger partial charge in [0.15, 0.2) is 6.29 Å². The van der Waals surface area contributed by atoms with Gasteiger partial charge in [0.25, 0.3) is 0 Å². The van der Waals surface area contributed by atoms with E-state index in [1.807, 2.05) is 6.07 Å². The summed E-state index contributed by atoms with van der Waals surface area (Å²) in [6, 6.07) is 4.89. The summed E-state index contributed by atoms with van der Waals surface area (Å²) in [4.78, 5) is 11.8. The van der Waals surface area contributed by atoms with Crippen LogP contribution >= 0.6 is 27.3 Å². The predicted octanol–water partition coefficient (Wildman–Crippen LogP) is 3.75. The third kappa shape index (κ3) is 1.48. The zero-order valence-electron chi connectivity index (χ0n) is 7.09. The molecule has 0 spiro atoms. The molecule has 0 fully saturated rings. The zero-order valence-corrected chi connectivity index (χ0v) is 9.49. The highest BCUT2D eigenvalue weighted by Crippen LogP contribution is 2.30. The Kier molecular flexibility index (Phi) is 2.65. The maximum absolute atomic E-state index is 13.2. The van der Waals surface area contributed by atoms with E-state index in [1.165, 1.54) is 6.07 Å². The van der Waals surface area contributed by atoms with E-state index in [0.717, 1.165) is 14.9 Å². The molecule has 0 radical (unpaired) electrons. The number of alkyl halides is 1. The average Bonchev–Trinajstić information content (AvgIpc) is 2.60. The van der Waals surface area contributed by atoms with Crippen molar-refractivity contribution in [2.24, 2.45) is 0 Å². The number of aldehydes is 1. The van der Waals surface area contributed by atoms with Crippen molar-refractivity contribution in [3.05, 3.63) is 34.5 Å². The lowest BCUT2D eigenvalue weighted by Gasteiger charge is -1.95. The van der Waals surface area contributed by atoms with Gasteiger partial charge in [0, 0.05) is 20.3 Å². The highest BCUT2D eigenvalue weighted by molar-refractivity contribution is 9.08. The van der Waals surface area contributed by atoms with E-state index in [0.29, 0.717) is 11.7 Å². The Morgan fingerprint density at radius 1 is 1.50 bits per heavy atom. The summed E-state index contributed by atoms with van der Waals surface area (Å²) in [6.45, 7) is 0. The van der Waals surface area contributed by atoms with Gasteiger partial charge in [-0.2, -0.15) is 0 Å². The monoisotopic (exact) mass is 272 g/mol. The van der Waals surface area contributed by atoms with Crippen molar-refractivity contribution in [3.8, 4) is 0 Å². The number of fused-ring (bicyclic) bond motifs is 1. The van der Waals surface area contributed by atoms with E-state index < -0.39 is 5.82 Å². The molecule has 1 aromatic carbocycles. The van der Waals surface area contributed by atoms with E-state index in [4.69, 9.17) is 0 Å². The molecular weight excluding hydrogens is 267 g/mol. The SMILES string of the molecule is O=Cc1c(F)ccc2sc(CBr)cc12. The van der Waals surface area contributed by atoms with Gasteiger partial charge >= 0.3 is 0 Å². The van der Waals surface area contributed by atoms with Crippen molar-refractivity contribution in [1.29, 1.82) is 0 Å². The minimum absolute atomic E-state index is 0.158. The molecule has 0 amide bonds. The maximum Gasteiger partial charge on any atom is 0.153 e. The number of halogens is 2. The topological polar surface area (TPSA) is 17.1 Å². The smallest absolute Gasteiger partial charge is 0.153 e. The molecule has 0 aliphatic heterocycles. The third-order valence-corrected chi connectivity index (χ3v) is 4.07. The number of hydrogen-bond acceptors (Lipinski definition) is 2. The lowest BCUT2D eigenvalue weighted by atomic mass is 10.1. The summed E-state index contributed by atoms with van der Waals surface area (Å²) in [5.41, 5.74) is 0.158. The van der Waals surface area contributed by atoms with Crippen molar-refractivity contribution in [3.63, 3.8) is 0 Å². The van der Waals surface area contributed by atoms with Gasteiger partial charge in [-0.3, -0.25) is 4.79 Å². The molecule has 1 nitrogen and oxygen atoms in total. The minimum Gasteiger partial charge on any atom is -0.298 e. The average molecular weight is 273 g/mol. The summed E-state index contributed by atoms with van der Waals surface area (Å²) in [7, 11) is 0. The van der Waals surface area contributed by atoms with E-state index >= 15 is 0 Å². The highest BCUT2D eigenvalue weighted by atomic mass is 79.9. The number of carbonyl (C=O) groups is 1. The lowest BCUT2D eigenvalue weighted by Crippen LogP contribution is -1.86. The van der Waals surface area contributed by atoms with Crippen molar-refractivity contribution in [2.45, 2.75) is 5.33 Å². The van der Waals surface area contributed by atoms with Gasteiger partial charge in [0.1, 0.15) is 5.82 Å². The Balaban J connectivity index is 2.79. The van der Waals surface area contributed by atoms with E-state index in [2.05, 4.69) is 15.9 Å². The first-order valence-electron chi connectivity index (χ1n) is 3.98. The minimum atomic E-state index is -0.452. The number of hydrogen-bond donors (Lipinski definition) is 0. The van der Waals surface area contributed by atoms with Gasteiger partial charge in [0.2, 0.25) is 0 Å². The molecule has 1 heterocycles. The van der Waals surface area contributed by atoms with Gasteiger partial charge in [-0.1, -0.05) is 15.9 Å². The normalized spacial score (nSPS) is 10.7. The summed E-state index contributed by atoms with van der Waals surface area (Å²) in [5.74, 6) is -0.452. The predicted molar refractivity (Wildman–Crippen MR) is 59.8 cm³/mol. The lowest BCUT2D eigenvalue weighted by molar-refractivity contribution is 0.112. The molecule has 14 heavy (non-hydrogen) atoms. The van der Waals surface area contributed by atoms with E-state index in [-0.39, 0.29) is 5.56 Å². The molecule has 0 unspecified atom stereocenters. The Hall–Kier alpha value is -0.740. The molecular formula is C10H6BrFOS. The molecule has 0 saturated carbocycles. The number of rotatable bonds is 2. The summed E-state index contributed by atoms with van der Waals surface area (Å²) in [6.07, 6.45) is 0.572. The van der Waals surface area contributed by atoms with Crippen LogP contribution in [-0.2, 0) is 5.33 Å². The molecule has 0 aliphatic rings. The van der Waals surface area contributed by atoms with Crippen LogP contribution in [0.25, 0.3) is 10.1 Å². The molecule has 0 atom stereocenters. The first-order valence-corrected chi connectivity index (χ1v) is 5.92. The Morgan fingerprint density at radius 3 is 2.93 bits per heavy atom. The zero-order chi connectivity index (χ0) is 10.1. The van der Waals surface area contributed by atoms with Crippen LogP contribution in [0.15, 0.2) is 18.2 Å². The number of benzene rings is 1. The Labute approximate surface area is 92.7 Å². The fourth-order valence-electron chi connectivity index (χ4n) is 1.34.